The van der Waals surface area contributed by atoms with E-state index >= 15 is 0 Å². The summed E-state index contributed by atoms with van der Waals surface area (Å²) in [7, 11) is 0. The molecule has 0 atom stereocenters. The number of pyridine rings is 1. The fraction of sp³-hybridized carbons (Fsp3) is 0.385. The van der Waals surface area contributed by atoms with Crippen LogP contribution in [0.15, 0.2) is 42.5 Å². The molecule has 0 radical (unpaired) electrons. The number of benzene rings is 2. The summed E-state index contributed by atoms with van der Waals surface area (Å²) in [6.07, 6.45) is 5.60. The number of aryl methyl sites for hydroxylation is 3. The van der Waals surface area contributed by atoms with Gasteiger partial charge < -0.3 is 10.2 Å². The second-order valence-electron chi connectivity index (χ2n) is 8.76. The Labute approximate surface area is 189 Å². The number of carbonyl (C=O) groups is 1. The molecule has 0 spiro atoms. The largest absolute Gasteiger partial charge is 0.322 e. The smallest absolute Gasteiger partial charge is 0.317 e. The molecule has 1 aliphatic carbocycles. The lowest BCUT2D eigenvalue weighted by Gasteiger charge is -2.34. The lowest BCUT2D eigenvalue weighted by Crippen LogP contribution is -2.43. The lowest BCUT2D eigenvalue weighted by molar-refractivity contribution is 0.163. The Balaban J connectivity index is 1.66. The highest BCUT2D eigenvalue weighted by atomic mass is 35.5. The zero-order valence-electron chi connectivity index (χ0n) is 18.5. The SMILES string of the molecule is Cc1cc(C)c2nc(Cl)c(CN(C(=O)Nc3ccccc3C)C3CCCCC3)cc2c1. The zero-order chi connectivity index (χ0) is 22.0. The molecule has 2 amide bonds. The van der Waals surface area contributed by atoms with Crippen LogP contribution in [0, 0.1) is 20.8 Å². The Morgan fingerprint density at radius 3 is 2.55 bits per heavy atom. The lowest BCUT2D eigenvalue weighted by atomic mass is 9.94. The first-order valence-corrected chi connectivity index (χ1v) is 11.5. The van der Waals surface area contributed by atoms with Crippen molar-refractivity contribution in [1.82, 2.24) is 9.88 Å². The highest BCUT2D eigenvalue weighted by Crippen LogP contribution is 2.29. The highest BCUT2D eigenvalue weighted by Gasteiger charge is 2.27. The Hall–Kier alpha value is -2.59. The van der Waals surface area contributed by atoms with Crippen LogP contribution in [0.1, 0.15) is 54.4 Å². The van der Waals surface area contributed by atoms with E-state index < -0.39 is 0 Å². The standard InChI is InChI=1S/C26H30ClN3O/c1-17-13-19(3)24-20(14-17)15-21(25(27)29-24)16-30(22-10-5-4-6-11-22)26(31)28-23-12-8-7-9-18(23)2/h7-9,12-15,22H,4-6,10-11,16H2,1-3H3,(H,28,31). The number of nitrogens with one attached hydrogen (secondary N) is 1. The van der Waals surface area contributed by atoms with Gasteiger partial charge in [-0.3, -0.25) is 0 Å². The van der Waals surface area contributed by atoms with Gasteiger partial charge >= 0.3 is 6.03 Å². The summed E-state index contributed by atoms with van der Waals surface area (Å²) in [6, 6.07) is 14.4. The molecule has 1 aromatic heterocycles. The van der Waals surface area contributed by atoms with Crippen molar-refractivity contribution in [3.05, 3.63) is 69.9 Å². The number of aromatic nitrogens is 1. The molecule has 2 aromatic carbocycles. The molecule has 162 valence electrons. The number of amides is 2. The summed E-state index contributed by atoms with van der Waals surface area (Å²) in [4.78, 5) is 20.0. The van der Waals surface area contributed by atoms with Gasteiger partial charge in [0, 0.05) is 22.7 Å². The Bertz CT molecular complexity index is 1110. The molecule has 5 heteroatoms. The number of carbonyl (C=O) groups excluding carboxylic acids is 1. The molecule has 1 fully saturated rings. The van der Waals surface area contributed by atoms with Crippen molar-refractivity contribution in [3.63, 3.8) is 0 Å². The fourth-order valence-corrected chi connectivity index (χ4v) is 4.83. The number of para-hydroxylation sites is 1. The normalized spacial score (nSPS) is 14.6. The third-order valence-corrected chi connectivity index (χ3v) is 6.61. The molecule has 0 saturated heterocycles. The van der Waals surface area contributed by atoms with Gasteiger partial charge in [-0.2, -0.15) is 0 Å². The van der Waals surface area contributed by atoms with Crippen LogP contribution < -0.4 is 5.32 Å². The number of urea groups is 1. The van der Waals surface area contributed by atoms with E-state index in [1.165, 1.54) is 12.0 Å². The van der Waals surface area contributed by atoms with Crippen molar-refractivity contribution in [2.45, 2.75) is 65.5 Å². The van der Waals surface area contributed by atoms with E-state index in [4.69, 9.17) is 11.6 Å². The molecule has 3 aromatic rings. The van der Waals surface area contributed by atoms with Gasteiger partial charge in [0.05, 0.1) is 12.1 Å². The van der Waals surface area contributed by atoms with Crippen LogP contribution in [-0.4, -0.2) is 22.0 Å². The average molecular weight is 436 g/mol. The van der Waals surface area contributed by atoms with Gasteiger partial charge in [-0.1, -0.05) is 60.7 Å². The van der Waals surface area contributed by atoms with Gasteiger partial charge in [0.15, 0.2) is 0 Å². The number of hydrogen-bond acceptors (Lipinski definition) is 2. The van der Waals surface area contributed by atoms with Crippen LogP contribution in [0.25, 0.3) is 10.9 Å². The zero-order valence-corrected chi connectivity index (χ0v) is 19.3. The van der Waals surface area contributed by atoms with Crippen LogP contribution in [0.2, 0.25) is 5.15 Å². The van der Waals surface area contributed by atoms with Gasteiger partial charge in [0.25, 0.3) is 0 Å². The Morgan fingerprint density at radius 2 is 1.81 bits per heavy atom. The summed E-state index contributed by atoms with van der Waals surface area (Å²) in [6.45, 7) is 6.61. The van der Waals surface area contributed by atoms with Crippen LogP contribution in [0.5, 0.6) is 0 Å². The van der Waals surface area contributed by atoms with Crippen LogP contribution in [0.4, 0.5) is 10.5 Å². The van der Waals surface area contributed by atoms with Crippen molar-refractivity contribution < 1.29 is 4.79 Å². The number of rotatable bonds is 4. The molecule has 1 N–H and O–H groups in total. The third kappa shape index (κ3) is 4.85. The van der Waals surface area contributed by atoms with Crippen LogP contribution in [0.3, 0.4) is 0 Å². The third-order valence-electron chi connectivity index (χ3n) is 6.28. The molecule has 1 heterocycles. The predicted molar refractivity (Wildman–Crippen MR) is 129 cm³/mol. The molecule has 1 aliphatic rings. The molecule has 0 unspecified atom stereocenters. The Kier molecular flexibility index (Phi) is 6.47. The molecule has 0 aliphatic heterocycles. The molecule has 4 rings (SSSR count). The van der Waals surface area contributed by atoms with Crippen molar-refractivity contribution in [3.8, 4) is 0 Å². The number of halogens is 1. The first-order valence-electron chi connectivity index (χ1n) is 11.1. The number of hydrogen-bond donors (Lipinski definition) is 1. The second kappa shape index (κ2) is 9.27. The number of anilines is 1. The van der Waals surface area contributed by atoms with E-state index in [2.05, 4.69) is 42.3 Å². The quantitative estimate of drug-likeness (QED) is 0.441. The van der Waals surface area contributed by atoms with Gasteiger partial charge in [-0.25, -0.2) is 9.78 Å². The summed E-state index contributed by atoms with van der Waals surface area (Å²) < 4.78 is 0. The molecular weight excluding hydrogens is 406 g/mol. The van der Waals surface area contributed by atoms with Gasteiger partial charge in [-0.15, -0.1) is 0 Å². The molecule has 4 nitrogen and oxygen atoms in total. The molecular formula is C26H30ClN3O. The second-order valence-corrected chi connectivity index (χ2v) is 9.11. The van der Waals surface area contributed by atoms with Crippen LogP contribution in [-0.2, 0) is 6.54 Å². The van der Waals surface area contributed by atoms with Crippen molar-refractivity contribution in [1.29, 1.82) is 0 Å². The van der Waals surface area contributed by atoms with Crippen molar-refractivity contribution in [2.75, 3.05) is 5.32 Å². The average Bonchev–Trinajstić information content (AvgIpc) is 2.75. The summed E-state index contributed by atoms with van der Waals surface area (Å²) in [5, 5.41) is 4.67. The topological polar surface area (TPSA) is 45.2 Å². The highest BCUT2D eigenvalue weighted by molar-refractivity contribution is 6.30. The van der Waals surface area contributed by atoms with E-state index in [-0.39, 0.29) is 12.1 Å². The van der Waals surface area contributed by atoms with Gasteiger partial charge in [0.1, 0.15) is 5.15 Å². The minimum Gasteiger partial charge on any atom is -0.317 e. The van der Waals surface area contributed by atoms with Crippen molar-refractivity contribution >= 4 is 34.2 Å². The summed E-state index contributed by atoms with van der Waals surface area (Å²) >= 11 is 6.62. The first kappa shape index (κ1) is 21.6. The predicted octanol–water partition coefficient (Wildman–Crippen LogP) is 7.18. The molecule has 31 heavy (non-hydrogen) atoms. The van der Waals surface area contributed by atoms with E-state index in [1.54, 1.807) is 0 Å². The van der Waals surface area contributed by atoms with E-state index in [9.17, 15) is 4.79 Å². The summed E-state index contributed by atoms with van der Waals surface area (Å²) in [5.41, 5.74) is 6.03. The molecule has 1 saturated carbocycles. The van der Waals surface area contributed by atoms with Gasteiger partial charge in [0.2, 0.25) is 0 Å². The first-order chi connectivity index (χ1) is 14.9. The number of nitrogens with zero attached hydrogens (tertiary/aromatic N) is 2. The van der Waals surface area contributed by atoms with Crippen LogP contribution >= 0.6 is 11.6 Å². The summed E-state index contributed by atoms with van der Waals surface area (Å²) in [5.74, 6) is 0. The Morgan fingerprint density at radius 1 is 1.06 bits per heavy atom. The maximum Gasteiger partial charge on any atom is 0.322 e. The minimum absolute atomic E-state index is 0.0715. The fourth-order valence-electron chi connectivity index (χ4n) is 4.63. The van der Waals surface area contributed by atoms with E-state index in [0.717, 1.165) is 59.0 Å². The maximum absolute atomic E-state index is 13.4. The van der Waals surface area contributed by atoms with Crippen molar-refractivity contribution in [2.24, 2.45) is 0 Å². The van der Waals surface area contributed by atoms with E-state index in [1.807, 2.05) is 36.1 Å². The monoisotopic (exact) mass is 435 g/mol. The molecule has 0 bridgehead atoms. The van der Waals surface area contributed by atoms with E-state index in [0.29, 0.717) is 11.7 Å². The maximum atomic E-state index is 13.4. The number of fused-ring (bicyclic) bond motifs is 1. The minimum atomic E-state index is -0.0715. The van der Waals surface area contributed by atoms with Gasteiger partial charge in [-0.05, 0) is 62.9 Å².